The molecule has 2 aliphatic heterocycles. The largest absolute Gasteiger partial charge is 0.508 e. The Balaban J connectivity index is 0.000000180. The Bertz CT molecular complexity index is 1170. The second kappa shape index (κ2) is 13.6. The highest BCUT2D eigenvalue weighted by Crippen LogP contribution is 2.37. The SMILES string of the molecule is CCCCNCc1cc2c(cc1Cl)OCO2.Oc1ccc(CCNCc2cc3c(cc2Cl)OCO3)cc1. The van der Waals surface area contributed by atoms with E-state index in [0.29, 0.717) is 29.9 Å². The number of unbranched alkanes of at least 4 members (excludes halogenated alkanes) is 1. The first kappa shape index (κ1) is 27.2. The van der Waals surface area contributed by atoms with Gasteiger partial charge in [0.05, 0.1) is 0 Å². The van der Waals surface area contributed by atoms with E-state index in [9.17, 15) is 5.11 Å². The second-order valence-electron chi connectivity index (χ2n) is 8.72. The maximum Gasteiger partial charge on any atom is 0.231 e. The monoisotopic (exact) mass is 546 g/mol. The minimum absolute atomic E-state index is 0.253. The molecule has 2 heterocycles. The molecule has 0 saturated carbocycles. The standard InChI is InChI=1S/C16H16ClNO3.C12H16ClNO2/c17-14-8-16-15(20-10-21-16)7-12(14)9-18-6-5-11-1-3-13(19)4-2-11;1-2-3-4-14-7-9-5-11-12(6-10(9)13)16-8-15-11/h1-4,7-8,18-19H,5-6,9-10H2;5-6,14H,2-4,7-8H2,1H3. The van der Waals surface area contributed by atoms with Gasteiger partial charge in [0.2, 0.25) is 13.6 Å². The van der Waals surface area contributed by atoms with Crippen molar-refractivity contribution in [3.63, 3.8) is 0 Å². The van der Waals surface area contributed by atoms with Crippen LogP contribution in [0.5, 0.6) is 28.7 Å². The average Bonchev–Trinajstić information content (AvgIpc) is 3.54. The molecule has 198 valence electrons. The maximum absolute atomic E-state index is 9.23. The Morgan fingerprint density at radius 1 is 0.730 bits per heavy atom. The molecule has 0 saturated heterocycles. The van der Waals surface area contributed by atoms with Crippen LogP contribution >= 0.6 is 23.2 Å². The number of rotatable bonds is 10. The number of hydrogen-bond acceptors (Lipinski definition) is 7. The van der Waals surface area contributed by atoms with Crippen LogP contribution in [0, 0.1) is 0 Å². The van der Waals surface area contributed by atoms with Gasteiger partial charge in [-0.25, -0.2) is 0 Å². The van der Waals surface area contributed by atoms with Crippen molar-refractivity contribution < 1.29 is 24.1 Å². The molecule has 0 atom stereocenters. The van der Waals surface area contributed by atoms with Crippen LogP contribution in [-0.4, -0.2) is 31.8 Å². The average molecular weight is 547 g/mol. The molecule has 0 bridgehead atoms. The first-order valence-corrected chi connectivity index (χ1v) is 13.1. The summed E-state index contributed by atoms with van der Waals surface area (Å²) in [5, 5.41) is 17.3. The van der Waals surface area contributed by atoms with Gasteiger partial charge in [-0.15, -0.1) is 0 Å². The van der Waals surface area contributed by atoms with Crippen molar-refractivity contribution in [1.29, 1.82) is 0 Å². The van der Waals surface area contributed by atoms with E-state index in [4.69, 9.17) is 42.1 Å². The molecule has 3 aromatic rings. The number of aromatic hydroxyl groups is 1. The van der Waals surface area contributed by atoms with Crippen molar-refractivity contribution in [3.8, 4) is 28.7 Å². The van der Waals surface area contributed by atoms with Gasteiger partial charge in [-0.3, -0.25) is 0 Å². The van der Waals surface area contributed by atoms with Crippen molar-refractivity contribution in [2.24, 2.45) is 0 Å². The van der Waals surface area contributed by atoms with Gasteiger partial charge in [0.25, 0.3) is 0 Å². The molecule has 9 heteroatoms. The quantitative estimate of drug-likeness (QED) is 0.266. The van der Waals surface area contributed by atoms with Crippen molar-refractivity contribution in [2.75, 3.05) is 26.7 Å². The summed E-state index contributed by atoms with van der Waals surface area (Å²) in [6.45, 7) is 6.01. The van der Waals surface area contributed by atoms with E-state index in [1.165, 1.54) is 18.4 Å². The van der Waals surface area contributed by atoms with Gasteiger partial charge in [0, 0.05) is 35.3 Å². The number of phenolic OH excluding ortho intramolecular Hbond substituents is 1. The normalized spacial score (nSPS) is 12.8. The first-order valence-electron chi connectivity index (χ1n) is 12.4. The van der Waals surface area contributed by atoms with Gasteiger partial charge in [-0.2, -0.15) is 0 Å². The third-order valence-corrected chi connectivity index (χ3v) is 6.65. The molecule has 0 spiro atoms. The highest BCUT2D eigenvalue weighted by atomic mass is 35.5. The lowest BCUT2D eigenvalue weighted by atomic mass is 10.1. The Hall–Kier alpha value is -2.84. The fourth-order valence-electron chi connectivity index (χ4n) is 3.83. The van der Waals surface area contributed by atoms with E-state index in [-0.39, 0.29) is 6.79 Å². The maximum atomic E-state index is 9.23. The first-order chi connectivity index (χ1) is 18.0. The molecular formula is C28H32Cl2N2O5. The molecule has 0 fully saturated rings. The Morgan fingerprint density at radius 3 is 1.73 bits per heavy atom. The zero-order valence-electron chi connectivity index (χ0n) is 20.8. The lowest BCUT2D eigenvalue weighted by Gasteiger charge is -2.08. The zero-order valence-corrected chi connectivity index (χ0v) is 22.3. The van der Waals surface area contributed by atoms with Gasteiger partial charge >= 0.3 is 0 Å². The molecule has 0 amide bonds. The van der Waals surface area contributed by atoms with Gasteiger partial charge in [-0.1, -0.05) is 48.7 Å². The van der Waals surface area contributed by atoms with Crippen LogP contribution in [0.3, 0.4) is 0 Å². The molecule has 2 aliphatic rings. The van der Waals surface area contributed by atoms with E-state index in [0.717, 1.165) is 59.5 Å². The number of hydrogen-bond donors (Lipinski definition) is 3. The van der Waals surface area contributed by atoms with Crippen LogP contribution in [0.4, 0.5) is 0 Å². The van der Waals surface area contributed by atoms with E-state index < -0.39 is 0 Å². The van der Waals surface area contributed by atoms with Crippen molar-refractivity contribution in [3.05, 3.63) is 75.3 Å². The molecule has 0 aromatic heterocycles. The number of phenols is 1. The molecule has 3 N–H and O–H groups in total. The predicted molar refractivity (Wildman–Crippen MR) is 145 cm³/mol. The van der Waals surface area contributed by atoms with E-state index in [1.807, 2.05) is 30.3 Å². The summed E-state index contributed by atoms with van der Waals surface area (Å²) in [5.74, 6) is 3.26. The molecule has 7 nitrogen and oxygen atoms in total. The zero-order chi connectivity index (χ0) is 26.0. The van der Waals surface area contributed by atoms with E-state index in [1.54, 1.807) is 18.2 Å². The number of halogens is 2. The third kappa shape index (κ3) is 7.82. The molecule has 3 aromatic carbocycles. The third-order valence-electron chi connectivity index (χ3n) is 5.95. The summed E-state index contributed by atoms with van der Waals surface area (Å²) in [6.07, 6.45) is 3.27. The topological polar surface area (TPSA) is 81.2 Å². The fraction of sp³-hybridized carbons (Fsp3) is 0.357. The summed E-state index contributed by atoms with van der Waals surface area (Å²) < 4.78 is 21.2. The van der Waals surface area contributed by atoms with Crippen LogP contribution in [-0.2, 0) is 19.5 Å². The van der Waals surface area contributed by atoms with Gasteiger partial charge in [0.15, 0.2) is 23.0 Å². The summed E-state index contributed by atoms with van der Waals surface area (Å²) in [6, 6.07) is 14.7. The smallest absolute Gasteiger partial charge is 0.231 e. The molecular weight excluding hydrogens is 515 g/mol. The van der Waals surface area contributed by atoms with Crippen LogP contribution in [0.1, 0.15) is 36.5 Å². The van der Waals surface area contributed by atoms with Crippen LogP contribution in [0.25, 0.3) is 0 Å². The number of nitrogens with one attached hydrogen (secondary N) is 2. The summed E-state index contributed by atoms with van der Waals surface area (Å²) in [7, 11) is 0. The number of ether oxygens (including phenoxy) is 4. The number of benzene rings is 3. The van der Waals surface area contributed by atoms with Gasteiger partial charge < -0.3 is 34.7 Å². The molecule has 0 radical (unpaired) electrons. The molecule has 0 aliphatic carbocycles. The van der Waals surface area contributed by atoms with Gasteiger partial charge in [0.1, 0.15) is 5.75 Å². The number of fused-ring (bicyclic) bond motifs is 2. The highest BCUT2D eigenvalue weighted by Gasteiger charge is 2.17. The van der Waals surface area contributed by atoms with Crippen LogP contribution < -0.4 is 29.6 Å². The second-order valence-corrected chi connectivity index (χ2v) is 9.53. The van der Waals surface area contributed by atoms with E-state index in [2.05, 4.69) is 17.6 Å². The minimum atomic E-state index is 0.253. The lowest BCUT2D eigenvalue weighted by molar-refractivity contribution is 0.173. The van der Waals surface area contributed by atoms with Crippen molar-refractivity contribution in [1.82, 2.24) is 10.6 Å². The predicted octanol–water partition coefficient (Wildman–Crippen LogP) is 6.07. The minimum Gasteiger partial charge on any atom is -0.508 e. The molecule has 0 unspecified atom stereocenters. The Labute approximate surface area is 227 Å². The van der Waals surface area contributed by atoms with Gasteiger partial charge in [-0.05, 0) is 66.9 Å². The van der Waals surface area contributed by atoms with Crippen LogP contribution in [0.2, 0.25) is 10.0 Å². The van der Waals surface area contributed by atoms with Crippen molar-refractivity contribution in [2.45, 2.75) is 39.3 Å². The Kier molecular flexibility index (Phi) is 10.0. The summed E-state index contributed by atoms with van der Waals surface area (Å²) in [5.41, 5.74) is 3.23. The lowest BCUT2D eigenvalue weighted by Crippen LogP contribution is -2.16. The summed E-state index contributed by atoms with van der Waals surface area (Å²) in [4.78, 5) is 0. The summed E-state index contributed by atoms with van der Waals surface area (Å²) >= 11 is 12.4. The highest BCUT2D eigenvalue weighted by molar-refractivity contribution is 6.31. The molecule has 37 heavy (non-hydrogen) atoms. The van der Waals surface area contributed by atoms with Crippen LogP contribution in [0.15, 0.2) is 48.5 Å². The Morgan fingerprint density at radius 2 is 1.22 bits per heavy atom. The molecule has 5 rings (SSSR count). The van der Waals surface area contributed by atoms with E-state index >= 15 is 0 Å². The van der Waals surface area contributed by atoms with Crippen molar-refractivity contribution >= 4 is 23.2 Å². The fourth-order valence-corrected chi connectivity index (χ4v) is 4.27.